The molecule has 4 nitrogen and oxygen atoms in total. The average molecular weight is 290 g/mol. The van der Waals surface area contributed by atoms with Crippen LogP contribution in [0.25, 0.3) is 0 Å². The maximum Gasteiger partial charge on any atom is 0.222 e. The minimum absolute atomic E-state index is 0.260. The smallest absolute Gasteiger partial charge is 0.222 e. The molecule has 1 aromatic carbocycles. The van der Waals surface area contributed by atoms with Crippen molar-refractivity contribution < 1.29 is 9.53 Å². The van der Waals surface area contributed by atoms with Gasteiger partial charge in [0.1, 0.15) is 0 Å². The molecule has 0 aliphatic carbocycles. The Labute approximate surface area is 127 Å². The minimum Gasteiger partial charge on any atom is -0.377 e. The van der Waals surface area contributed by atoms with Gasteiger partial charge in [0, 0.05) is 26.1 Å². The van der Waals surface area contributed by atoms with Gasteiger partial charge in [-0.15, -0.1) is 0 Å². The Hall–Kier alpha value is -1.39. The molecule has 0 radical (unpaired) electrons. The van der Waals surface area contributed by atoms with Crippen LogP contribution in [-0.2, 0) is 16.0 Å². The number of hydrogen-bond acceptors (Lipinski definition) is 3. The van der Waals surface area contributed by atoms with E-state index in [2.05, 4.69) is 19.1 Å². The molecule has 1 aromatic rings. The fraction of sp³-hybridized carbons (Fsp3) is 0.588. The van der Waals surface area contributed by atoms with E-state index in [1.54, 1.807) is 0 Å². The van der Waals surface area contributed by atoms with Crippen molar-refractivity contribution in [1.29, 1.82) is 0 Å². The summed E-state index contributed by atoms with van der Waals surface area (Å²) in [6, 6.07) is 8.27. The van der Waals surface area contributed by atoms with Gasteiger partial charge in [0.15, 0.2) is 0 Å². The molecule has 0 bridgehead atoms. The van der Waals surface area contributed by atoms with E-state index in [-0.39, 0.29) is 12.0 Å². The molecular weight excluding hydrogens is 264 g/mol. The highest BCUT2D eigenvalue weighted by atomic mass is 16.5. The molecule has 116 valence electrons. The predicted molar refractivity (Wildman–Crippen MR) is 84.1 cm³/mol. The zero-order chi connectivity index (χ0) is 15.1. The lowest BCUT2D eigenvalue weighted by Crippen LogP contribution is -2.41. The Morgan fingerprint density at radius 2 is 2.05 bits per heavy atom. The van der Waals surface area contributed by atoms with E-state index in [0.717, 1.165) is 32.4 Å². The van der Waals surface area contributed by atoms with Gasteiger partial charge >= 0.3 is 0 Å². The van der Waals surface area contributed by atoms with E-state index in [4.69, 9.17) is 10.5 Å². The van der Waals surface area contributed by atoms with Crippen LogP contribution in [0.3, 0.4) is 0 Å². The summed E-state index contributed by atoms with van der Waals surface area (Å²) in [6.45, 7) is 4.89. The summed E-state index contributed by atoms with van der Waals surface area (Å²) >= 11 is 0. The fourth-order valence-corrected chi connectivity index (χ4v) is 2.80. The molecule has 0 atom stereocenters. The molecule has 2 N–H and O–H groups in total. The molecule has 0 aromatic heterocycles. The number of benzene rings is 1. The summed E-state index contributed by atoms with van der Waals surface area (Å²) in [5.41, 5.74) is 7.97. The molecule has 1 aliphatic heterocycles. The summed E-state index contributed by atoms with van der Waals surface area (Å²) in [7, 11) is 0. The van der Waals surface area contributed by atoms with Crippen molar-refractivity contribution in [3.63, 3.8) is 0 Å². The summed E-state index contributed by atoms with van der Waals surface area (Å²) in [5.74, 6) is 0.260. The number of hydrogen-bond donors (Lipinski definition) is 1. The number of rotatable bonds is 6. The highest BCUT2D eigenvalue weighted by molar-refractivity contribution is 5.76. The lowest BCUT2D eigenvalue weighted by Gasteiger charge is -2.32. The summed E-state index contributed by atoms with van der Waals surface area (Å²) in [4.78, 5) is 14.2. The number of nitrogens with zero attached hydrogens (tertiary/aromatic N) is 1. The lowest BCUT2D eigenvalue weighted by molar-refractivity contribution is -0.133. The Balaban J connectivity index is 1.74. The first-order valence-electron chi connectivity index (χ1n) is 7.84. The first kappa shape index (κ1) is 16.0. The number of carbonyl (C=O) groups is 1. The molecule has 2 rings (SSSR count). The van der Waals surface area contributed by atoms with Gasteiger partial charge in [-0.2, -0.15) is 0 Å². The molecule has 0 spiro atoms. The number of nitrogens with two attached hydrogens (primary N) is 1. The van der Waals surface area contributed by atoms with Crippen molar-refractivity contribution in [2.24, 2.45) is 5.73 Å². The number of carbonyl (C=O) groups excluding carboxylic acids is 1. The van der Waals surface area contributed by atoms with E-state index in [1.807, 2.05) is 17.0 Å². The maximum absolute atomic E-state index is 12.3. The first-order chi connectivity index (χ1) is 10.2. The lowest BCUT2D eigenvalue weighted by atomic mass is 10.0. The van der Waals surface area contributed by atoms with Crippen LogP contribution in [0.5, 0.6) is 0 Å². The van der Waals surface area contributed by atoms with Gasteiger partial charge < -0.3 is 15.4 Å². The quantitative estimate of drug-likeness (QED) is 0.870. The Morgan fingerprint density at radius 3 is 2.71 bits per heavy atom. The largest absolute Gasteiger partial charge is 0.377 e. The van der Waals surface area contributed by atoms with Crippen LogP contribution < -0.4 is 5.73 Å². The van der Waals surface area contributed by atoms with E-state index < -0.39 is 0 Å². The molecule has 4 heteroatoms. The summed E-state index contributed by atoms with van der Waals surface area (Å²) in [6.07, 6.45) is 3.55. The van der Waals surface area contributed by atoms with E-state index in [9.17, 15) is 4.79 Å². The van der Waals surface area contributed by atoms with E-state index in [0.29, 0.717) is 19.6 Å². The van der Waals surface area contributed by atoms with Crippen molar-refractivity contribution in [2.75, 3.05) is 26.2 Å². The van der Waals surface area contributed by atoms with Crippen LogP contribution in [-0.4, -0.2) is 43.2 Å². The van der Waals surface area contributed by atoms with Crippen molar-refractivity contribution in [3.8, 4) is 0 Å². The molecule has 0 saturated carbocycles. The molecule has 1 saturated heterocycles. The third-order valence-corrected chi connectivity index (χ3v) is 4.14. The second-order valence-corrected chi connectivity index (χ2v) is 5.67. The van der Waals surface area contributed by atoms with E-state index in [1.165, 1.54) is 11.1 Å². The molecule has 1 amide bonds. The summed E-state index contributed by atoms with van der Waals surface area (Å²) < 4.78 is 5.64. The van der Waals surface area contributed by atoms with Crippen LogP contribution in [0.2, 0.25) is 0 Å². The Bertz CT molecular complexity index is 454. The number of aryl methyl sites for hydroxylation is 2. The topological polar surface area (TPSA) is 55.6 Å². The van der Waals surface area contributed by atoms with Gasteiger partial charge in [0.05, 0.1) is 12.7 Å². The SMILES string of the molecule is Cc1ccccc1CCC(=O)N1CCC(OCCN)CC1. The Morgan fingerprint density at radius 1 is 1.33 bits per heavy atom. The van der Waals surface area contributed by atoms with Gasteiger partial charge in [0.2, 0.25) is 5.91 Å². The average Bonchev–Trinajstić information content (AvgIpc) is 2.52. The van der Waals surface area contributed by atoms with Crippen molar-refractivity contribution in [1.82, 2.24) is 4.90 Å². The molecule has 1 heterocycles. The van der Waals surface area contributed by atoms with Crippen LogP contribution in [0.4, 0.5) is 0 Å². The molecule has 0 unspecified atom stereocenters. The number of likely N-dealkylation sites (tertiary alicyclic amines) is 1. The van der Waals surface area contributed by atoms with Gasteiger partial charge in [-0.05, 0) is 37.3 Å². The third-order valence-electron chi connectivity index (χ3n) is 4.14. The zero-order valence-corrected chi connectivity index (χ0v) is 12.9. The van der Waals surface area contributed by atoms with Gasteiger partial charge in [-0.3, -0.25) is 4.79 Å². The monoisotopic (exact) mass is 290 g/mol. The highest BCUT2D eigenvalue weighted by Gasteiger charge is 2.22. The minimum atomic E-state index is 0.260. The zero-order valence-electron chi connectivity index (χ0n) is 12.9. The van der Waals surface area contributed by atoms with Crippen molar-refractivity contribution >= 4 is 5.91 Å². The number of piperidine rings is 1. The summed E-state index contributed by atoms with van der Waals surface area (Å²) in [5, 5.41) is 0. The molecule has 1 aliphatic rings. The van der Waals surface area contributed by atoms with Gasteiger partial charge in [-0.1, -0.05) is 24.3 Å². The maximum atomic E-state index is 12.3. The second kappa shape index (κ2) is 8.15. The van der Waals surface area contributed by atoms with E-state index >= 15 is 0 Å². The van der Waals surface area contributed by atoms with Crippen molar-refractivity contribution in [2.45, 2.75) is 38.7 Å². The van der Waals surface area contributed by atoms with Crippen LogP contribution in [0.15, 0.2) is 24.3 Å². The standard InChI is InChI=1S/C17H26N2O2/c1-14-4-2-3-5-15(14)6-7-17(20)19-11-8-16(9-12-19)21-13-10-18/h2-5,16H,6-13,18H2,1H3. The first-order valence-corrected chi connectivity index (χ1v) is 7.84. The van der Waals surface area contributed by atoms with Gasteiger partial charge in [0.25, 0.3) is 0 Å². The predicted octanol–water partition coefficient (Wildman–Crippen LogP) is 1.89. The van der Waals surface area contributed by atoms with Crippen LogP contribution >= 0.6 is 0 Å². The van der Waals surface area contributed by atoms with Crippen LogP contribution in [0, 0.1) is 6.92 Å². The molecule has 1 fully saturated rings. The highest BCUT2D eigenvalue weighted by Crippen LogP contribution is 2.16. The normalized spacial score (nSPS) is 16.2. The van der Waals surface area contributed by atoms with Crippen LogP contribution in [0.1, 0.15) is 30.4 Å². The number of amides is 1. The Kier molecular flexibility index (Phi) is 6.21. The number of ether oxygens (including phenoxy) is 1. The molecular formula is C17H26N2O2. The fourth-order valence-electron chi connectivity index (χ4n) is 2.80. The second-order valence-electron chi connectivity index (χ2n) is 5.67. The molecule has 21 heavy (non-hydrogen) atoms. The van der Waals surface area contributed by atoms with Crippen molar-refractivity contribution in [3.05, 3.63) is 35.4 Å². The van der Waals surface area contributed by atoms with Gasteiger partial charge in [-0.25, -0.2) is 0 Å². The third kappa shape index (κ3) is 4.83.